The fourth-order valence-electron chi connectivity index (χ4n) is 2.63. The third-order valence-corrected chi connectivity index (χ3v) is 3.54. The Bertz CT molecular complexity index is 375. The fraction of sp³-hybridized carbons (Fsp3) is 0.625. The minimum absolute atomic E-state index is 0.550. The molecular weight excluding hydrogens is 222 g/mol. The van der Waals surface area contributed by atoms with Crippen molar-refractivity contribution in [1.82, 2.24) is 5.32 Å². The van der Waals surface area contributed by atoms with E-state index in [1.54, 1.807) is 0 Å². The molecule has 100 valence electrons. The van der Waals surface area contributed by atoms with Gasteiger partial charge in [-0.1, -0.05) is 19.9 Å². The Balaban J connectivity index is 2.09. The number of aryl methyl sites for hydroxylation is 1. The van der Waals surface area contributed by atoms with Crippen molar-refractivity contribution in [3.8, 4) is 5.75 Å². The van der Waals surface area contributed by atoms with Gasteiger partial charge in [0.1, 0.15) is 5.75 Å². The highest BCUT2D eigenvalue weighted by Gasteiger charge is 2.19. The zero-order chi connectivity index (χ0) is 12.8. The molecule has 1 aliphatic carbocycles. The van der Waals surface area contributed by atoms with Gasteiger partial charge in [-0.3, -0.25) is 0 Å². The molecule has 0 fully saturated rings. The molecule has 0 aromatic heterocycles. The van der Waals surface area contributed by atoms with Gasteiger partial charge in [-0.05, 0) is 61.9 Å². The third kappa shape index (κ3) is 3.26. The molecular formula is C16H25NO. The molecule has 1 atom stereocenters. The molecule has 0 radical (unpaired) electrons. The number of ether oxygens (including phenoxy) is 1. The van der Waals surface area contributed by atoms with Gasteiger partial charge in [-0.25, -0.2) is 0 Å². The van der Waals surface area contributed by atoms with Crippen LogP contribution in [0.15, 0.2) is 18.2 Å². The van der Waals surface area contributed by atoms with Gasteiger partial charge < -0.3 is 10.1 Å². The summed E-state index contributed by atoms with van der Waals surface area (Å²) < 4.78 is 5.72. The lowest BCUT2D eigenvalue weighted by Gasteiger charge is -2.27. The van der Waals surface area contributed by atoms with Gasteiger partial charge in [0.15, 0.2) is 0 Å². The van der Waals surface area contributed by atoms with Gasteiger partial charge in [-0.2, -0.15) is 0 Å². The van der Waals surface area contributed by atoms with Crippen LogP contribution in [0.2, 0.25) is 0 Å². The molecule has 1 aliphatic rings. The van der Waals surface area contributed by atoms with Gasteiger partial charge in [0.2, 0.25) is 0 Å². The van der Waals surface area contributed by atoms with Crippen molar-refractivity contribution in [2.24, 2.45) is 0 Å². The molecule has 0 bridgehead atoms. The maximum Gasteiger partial charge on any atom is 0.119 e. The molecule has 0 aliphatic heterocycles. The lowest BCUT2D eigenvalue weighted by molar-refractivity contribution is 0.316. The highest BCUT2D eigenvalue weighted by Crippen LogP contribution is 2.32. The maximum absolute atomic E-state index is 5.72. The largest absolute Gasteiger partial charge is 0.494 e. The van der Waals surface area contributed by atoms with E-state index in [0.717, 1.165) is 25.3 Å². The first kappa shape index (κ1) is 13.4. The van der Waals surface area contributed by atoms with Gasteiger partial charge in [0.25, 0.3) is 0 Å². The lowest BCUT2D eigenvalue weighted by atomic mass is 9.87. The number of hydrogen-bond acceptors (Lipinski definition) is 2. The fourth-order valence-corrected chi connectivity index (χ4v) is 2.63. The zero-order valence-electron chi connectivity index (χ0n) is 11.7. The minimum atomic E-state index is 0.550. The van der Waals surface area contributed by atoms with E-state index in [1.807, 2.05) is 0 Å². The molecule has 0 spiro atoms. The quantitative estimate of drug-likeness (QED) is 0.824. The Morgan fingerprint density at radius 2 is 2.17 bits per heavy atom. The van der Waals surface area contributed by atoms with Gasteiger partial charge in [-0.15, -0.1) is 0 Å². The molecule has 1 unspecified atom stereocenters. The Morgan fingerprint density at radius 1 is 1.28 bits per heavy atom. The minimum Gasteiger partial charge on any atom is -0.494 e. The second kappa shape index (κ2) is 6.79. The average molecular weight is 247 g/mol. The van der Waals surface area contributed by atoms with E-state index in [4.69, 9.17) is 4.74 Å². The summed E-state index contributed by atoms with van der Waals surface area (Å²) in [4.78, 5) is 0. The third-order valence-electron chi connectivity index (χ3n) is 3.54. The summed E-state index contributed by atoms with van der Waals surface area (Å²) in [5, 5.41) is 3.65. The van der Waals surface area contributed by atoms with Crippen LogP contribution in [-0.2, 0) is 6.42 Å². The van der Waals surface area contributed by atoms with Crippen molar-refractivity contribution < 1.29 is 4.74 Å². The first-order valence-electron chi connectivity index (χ1n) is 7.34. The normalized spacial score (nSPS) is 18.4. The van der Waals surface area contributed by atoms with E-state index in [2.05, 4.69) is 37.4 Å². The Labute approximate surface area is 111 Å². The van der Waals surface area contributed by atoms with Crippen LogP contribution in [0.1, 0.15) is 56.7 Å². The summed E-state index contributed by atoms with van der Waals surface area (Å²) in [6, 6.07) is 7.17. The number of fused-ring (bicyclic) bond motifs is 1. The van der Waals surface area contributed by atoms with Crippen molar-refractivity contribution in [2.45, 2.75) is 52.0 Å². The van der Waals surface area contributed by atoms with Crippen LogP contribution in [0.3, 0.4) is 0 Å². The second-order valence-corrected chi connectivity index (χ2v) is 5.11. The molecule has 0 saturated heterocycles. The summed E-state index contributed by atoms with van der Waals surface area (Å²) in [5.41, 5.74) is 2.96. The van der Waals surface area contributed by atoms with Crippen LogP contribution in [0.4, 0.5) is 0 Å². The van der Waals surface area contributed by atoms with Crippen LogP contribution in [0.25, 0.3) is 0 Å². The molecule has 0 amide bonds. The molecule has 1 N–H and O–H groups in total. The summed E-state index contributed by atoms with van der Waals surface area (Å²) in [7, 11) is 0. The van der Waals surface area contributed by atoms with Gasteiger partial charge >= 0.3 is 0 Å². The number of nitrogens with one attached hydrogen (secondary N) is 1. The second-order valence-electron chi connectivity index (χ2n) is 5.11. The molecule has 0 saturated carbocycles. The van der Waals surface area contributed by atoms with Crippen molar-refractivity contribution in [2.75, 3.05) is 13.2 Å². The topological polar surface area (TPSA) is 21.3 Å². The average Bonchev–Trinajstić information content (AvgIpc) is 2.42. The Kier molecular flexibility index (Phi) is 5.06. The van der Waals surface area contributed by atoms with Crippen molar-refractivity contribution >= 4 is 0 Å². The highest BCUT2D eigenvalue weighted by molar-refractivity contribution is 5.39. The van der Waals surface area contributed by atoms with Crippen LogP contribution in [0, 0.1) is 0 Å². The van der Waals surface area contributed by atoms with Gasteiger partial charge in [0.05, 0.1) is 6.61 Å². The molecule has 2 heteroatoms. The summed E-state index contributed by atoms with van der Waals surface area (Å²) in [6.07, 6.45) is 6.01. The Hall–Kier alpha value is -1.02. The maximum atomic E-state index is 5.72. The molecule has 1 aromatic rings. The summed E-state index contributed by atoms with van der Waals surface area (Å²) in [6.45, 7) is 6.29. The van der Waals surface area contributed by atoms with Crippen molar-refractivity contribution in [1.29, 1.82) is 0 Å². The SMILES string of the molecule is CCCNC1CCCc2cc(OCCC)ccc21. The standard InChI is InChI=1S/C16H25NO/c1-3-10-17-16-7-5-6-13-12-14(18-11-4-2)8-9-15(13)16/h8-9,12,16-17H,3-7,10-11H2,1-2H3. The molecule has 0 heterocycles. The van der Waals surface area contributed by atoms with E-state index >= 15 is 0 Å². The van der Waals surface area contributed by atoms with Gasteiger partial charge in [0, 0.05) is 6.04 Å². The smallest absolute Gasteiger partial charge is 0.119 e. The van der Waals surface area contributed by atoms with Crippen molar-refractivity contribution in [3.05, 3.63) is 29.3 Å². The number of hydrogen-bond donors (Lipinski definition) is 1. The first-order valence-corrected chi connectivity index (χ1v) is 7.34. The monoisotopic (exact) mass is 247 g/mol. The van der Waals surface area contributed by atoms with Crippen molar-refractivity contribution in [3.63, 3.8) is 0 Å². The van der Waals surface area contributed by atoms with Crippen LogP contribution >= 0.6 is 0 Å². The Morgan fingerprint density at radius 3 is 2.94 bits per heavy atom. The van der Waals surface area contributed by atoms with Crippen LogP contribution < -0.4 is 10.1 Å². The predicted molar refractivity (Wildman–Crippen MR) is 76.2 cm³/mol. The molecule has 2 rings (SSSR count). The molecule has 2 nitrogen and oxygen atoms in total. The summed E-state index contributed by atoms with van der Waals surface area (Å²) >= 11 is 0. The first-order chi connectivity index (χ1) is 8.85. The van der Waals surface area contributed by atoms with Crippen LogP contribution in [0.5, 0.6) is 5.75 Å². The number of rotatable bonds is 6. The van der Waals surface area contributed by atoms with E-state index in [-0.39, 0.29) is 0 Å². The van der Waals surface area contributed by atoms with E-state index in [0.29, 0.717) is 6.04 Å². The molecule has 18 heavy (non-hydrogen) atoms. The van der Waals surface area contributed by atoms with E-state index in [1.165, 1.54) is 36.8 Å². The predicted octanol–water partition coefficient (Wildman–Crippen LogP) is 3.85. The number of benzene rings is 1. The summed E-state index contributed by atoms with van der Waals surface area (Å²) in [5.74, 6) is 1.03. The van der Waals surface area contributed by atoms with Crippen LogP contribution in [-0.4, -0.2) is 13.2 Å². The zero-order valence-corrected chi connectivity index (χ0v) is 11.7. The lowest BCUT2D eigenvalue weighted by Crippen LogP contribution is -2.25. The highest BCUT2D eigenvalue weighted by atomic mass is 16.5. The van der Waals surface area contributed by atoms with E-state index in [9.17, 15) is 0 Å². The molecule has 1 aromatic carbocycles. The van der Waals surface area contributed by atoms with E-state index < -0.39 is 0 Å².